The van der Waals surface area contributed by atoms with E-state index in [0.29, 0.717) is 5.65 Å². The highest BCUT2D eigenvalue weighted by molar-refractivity contribution is 5.70. The maximum absolute atomic E-state index is 5.51. The number of benzene rings is 1. The van der Waals surface area contributed by atoms with Gasteiger partial charge in [0.15, 0.2) is 5.65 Å². The fourth-order valence-electron chi connectivity index (χ4n) is 1.77. The van der Waals surface area contributed by atoms with E-state index in [2.05, 4.69) is 27.1 Å². The molecule has 0 aliphatic heterocycles. The first-order valence-corrected chi connectivity index (χ1v) is 5.30. The minimum atomic E-state index is 0.252. The fraction of sp³-hybridized carbons (Fsp3) is 0.0833. The number of hydrogen-bond donors (Lipinski definition) is 1. The van der Waals surface area contributed by atoms with Crippen molar-refractivity contribution in [1.82, 2.24) is 19.5 Å². The van der Waals surface area contributed by atoms with Crippen molar-refractivity contribution in [2.45, 2.75) is 6.54 Å². The number of anilines is 1. The SMILES string of the molecule is Nc1ncc2c(ncn2Cc2ccccc2)n1. The highest BCUT2D eigenvalue weighted by Gasteiger charge is 2.05. The van der Waals surface area contributed by atoms with Crippen LogP contribution in [0.25, 0.3) is 11.2 Å². The van der Waals surface area contributed by atoms with Crippen LogP contribution in [-0.4, -0.2) is 19.5 Å². The number of fused-ring (bicyclic) bond motifs is 1. The first-order chi connectivity index (χ1) is 8.33. The summed E-state index contributed by atoms with van der Waals surface area (Å²) in [6, 6.07) is 10.2. The van der Waals surface area contributed by atoms with Crippen molar-refractivity contribution in [3.63, 3.8) is 0 Å². The lowest BCUT2D eigenvalue weighted by Gasteiger charge is -2.03. The number of aromatic nitrogens is 4. The van der Waals surface area contributed by atoms with Crippen LogP contribution >= 0.6 is 0 Å². The molecule has 2 aromatic heterocycles. The van der Waals surface area contributed by atoms with E-state index in [9.17, 15) is 0 Å². The van der Waals surface area contributed by atoms with Gasteiger partial charge in [-0.3, -0.25) is 0 Å². The second-order valence-corrected chi connectivity index (χ2v) is 3.80. The van der Waals surface area contributed by atoms with Gasteiger partial charge in [0.2, 0.25) is 5.95 Å². The Morgan fingerprint density at radius 1 is 1.12 bits per heavy atom. The van der Waals surface area contributed by atoms with Crippen LogP contribution in [0.5, 0.6) is 0 Å². The second-order valence-electron chi connectivity index (χ2n) is 3.80. The van der Waals surface area contributed by atoms with Gasteiger partial charge in [-0.25, -0.2) is 9.97 Å². The van der Waals surface area contributed by atoms with Gasteiger partial charge in [-0.05, 0) is 5.56 Å². The van der Waals surface area contributed by atoms with Crippen molar-refractivity contribution in [2.24, 2.45) is 0 Å². The molecule has 0 saturated carbocycles. The number of nitrogen functional groups attached to an aromatic ring is 1. The summed E-state index contributed by atoms with van der Waals surface area (Å²) in [6.45, 7) is 0.755. The maximum atomic E-state index is 5.51. The predicted octanol–water partition coefficient (Wildman–Crippen LogP) is 1.46. The lowest BCUT2D eigenvalue weighted by molar-refractivity contribution is 0.823. The molecule has 0 aliphatic carbocycles. The molecule has 0 fully saturated rings. The van der Waals surface area contributed by atoms with Crippen LogP contribution in [0.1, 0.15) is 5.56 Å². The van der Waals surface area contributed by atoms with Crippen LogP contribution in [-0.2, 0) is 6.54 Å². The van der Waals surface area contributed by atoms with E-state index in [0.717, 1.165) is 12.1 Å². The molecule has 0 atom stereocenters. The van der Waals surface area contributed by atoms with Crippen molar-refractivity contribution < 1.29 is 0 Å². The molecule has 3 rings (SSSR count). The van der Waals surface area contributed by atoms with E-state index in [1.165, 1.54) is 5.56 Å². The van der Waals surface area contributed by atoms with Crippen molar-refractivity contribution in [3.8, 4) is 0 Å². The Bertz CT molecular complexity index is 644. The van der Waals surface area contributed by atoms with Crippen LogP contribution < -0.4 is 5.73 Å². The van der Waals surface area contributed by atoms with Crippen LogP contribution in [0.4, 0.5) is 5.95 Å². The zero-order valence-corrected chi connectivity index (χ0v) is 9.11. The van der Waals surface area contributed by atoms with Gasteiger partial charge in [-0.1, -0.05) is 30.3 Å². The molecule has 5 nitrogen and oxygen atoms in total. The van der Waals surface area contributed by atoms with Crippen molar-refractivity contribution in [3.05, 3.63) is 48.4 Å². The summed E-state index contributed by atoms with van der Waals surface area (Å²) in [4.78, 5) is 12.3. The first kappa shape index (κ1) is 9.77. The minimum Gasteiger partial charge on any atom is -0.368 e. The second kappa shape index (κ2) is 3.86. The lowest BCUT2D eigenvalue weighted by Crippen LogP contribution is -1.99. The molecule has 0 amide bonds. The summed E-state index contributed by atoms with van der Waals surface area (Å²) in [6.07, 6.45) is 3.46. The predicted molar refractivity (Wildman–Crippen MR) is 65.3 cm³/mol. The summed E-state index contributed by atoms with van der Waals surface area (Å²) in [5.74, 6) is 0.252. The summed E-state index contributed by atoms with van der Waals surface area (Å²) >= 11 is 0. The topological polar surface area (TPSA) is 69.6 Å². The quantitative estimate of drug-likeness (QED) is 0.716. The molecule has 17 heavy (non-hydrogen) atoms. The van der Waals surface area contributed by atoms with E-state index in [4.69, 9.17) is 5.73 Å². The Balaban J connectivity index is 2.01. The van der Waals surface area contributed by atoms with Gasteiger partial charge >= 0.3 is 0 Å². The van der Waals surface area contributed by atoms with Gasteiger partial charge in [-0.2, -0.15) is 4.98 Å². The average molecular weight is 225 g/mol. The first-order valence-electron chi connectivity index (χ1n) is 5.30. The van der Waals surface area contributed by atoms with E-state index >= 15 is 0 Å². The van der Waals surface area contributed by atoms with Gasteiger partial charge in [0, 0.05) is 6.54 Å². The normalized spacial score (nSPS) is 10.8. The highest BCUT2D eigenvalue weighted by atomic mass is 15.1. The highest BCUT2D eigenvalue weighted by Crippen LogP contribution is 2.12. The van der Waals surface area contributed by atoms with E-state index in [-0.39, 0.29) is 5.95 Å². The summed E-state index contributed by atoms with van der Waals surface area (Å²) in [5, 5.41) is 0. The summed E-state index contributed by atoms with van der Waals surface area (Å²) < 4.78 is 2.00. The standard InChI is InChI=1S/C12H11N5/c13-12-14-6-10-11(16-12)15-8-17(10)7-9-4-2-1-3-5-9/h1-6,8H,7H2,(H2,13,14,16). The molecule has 0 bridgehead atoms. The van der Waals surface area contributed by atoms with E-state index in [1.807, 2.05) is 22.8 Å². The van der Waals surface area contributed by atoms with E-state index < -0.39 is 0 Å². The molecular weight excluding hydrogens is 214 g/mol. The Morgan fingerprint density at radius 3 is 2.76 bits per heavy atom. The van der Waals surface area contributed by atoms with E-state index in [1.54, 1.807) is 12.5 Å². The Kier molecular flexibility index (Phi) is 2.22. The third kappa shape index (κ3) is 1.82. The molecule has 0 radical (unpaired) electrons. The van der Waals surface area contributed by atoms with Crippen LogP contribution in [0.15, 0.2) is 42.9 Å². The number of rotatable bonds is 2. The van der Waals surface area contributed by atoms with Crippen LogP contribution in [0.3, 0.4) is 0 Å². The van der Waals surface area contributed by atoms with Gasteiger partial charge in [0.25, 0.3) is 0 Å². The lowest BCUT2D eigenvalue weighted by atomic mass is 10.2. The summed E-state index contributed by atoms with van der Waals surface area (Å²) in [5.41, 5.74) is 8.25. The van der Waals surface area contributed by atoms with Gasteiger partial charge in [0.05, 0.1) is 12.5 Å². The molecule has 84 valence electrons. The van der Waals surface area contributed by atoms with Gasteiger partial charge in [0.1, 0.15) is 5.52 Å². The molecule has 3 aromatic rings. The number of imidazole rings is 1. The third-order valence-electron chi connectivity index (χ3n) is 2.59. The molecule has 0 unspecified atom stereocenters. The van der Waals surface area contributed by atoms with Crippen molar-refractivity contribution >= 4 is 17.1 Å². The zero-order valence-electron chi connectivity index (χ0n) is 9.11. The van der Waals surface area contributed by atoms with Crippen molar-refractivity contribution in [1.29, 1.82) is 0 Å². The van der Waals surface area contributed by atoms with Crippen LogP contribution in [0, 0.1) is 0 Å². The molecule has 5 heteroatoms. The molecular formula is C12H11N5. The average Bonchev–Trinajstić information content (AvgIpc) is 2.73. The zero-order chi connectivity index (χ0) is 11.7. The Hall–Kier alpha value is -2.43. The number of hydrogen-bond acceptors (Lipinski definition) is 4. The van der Waals surface area contributed by atoms with Gasteiger partial charge in [-0.15, -0.1) is 0 Å². The smallest absolute Gasteiger partial charge is 0.222 e. The molecule has 2 heterocycles. The maximum Gasteiger partial charge on any atom is 0.222 e. The Labute approximate surface area is 98.0 Å². The third-order valence-corrected chi connectivity index (χ3v) is 2.59. The molecule has 2 N–H and O–H groups in total. The summed E-state index contributed by atoms with van der Waals surface area (Å²) in [7, 11) is 0. The number of nitrogens with zero attached hydrogens (tertiary/aromatic N) is 4. The monoisotopic (exact) mass is 225 g/mol. The molecule has 0 saturated heterocycles. The van der Waals surface area contributed by atoms with Gasteiger partial charge < -0.3 is 10.3 Å². The molecule has 0 spiro atoms. The molecule has 0 aliphatic rings. The molecule has 1 aromatic carbocycles. The fourth-order valence-corrected chi connectivity index (χ4v) is 1.77. The van der Waals surface area contributed by atoms with Crippen molar-refractivity contribution in [2.75, 3.05) is 5.73 Å². The Morgan fingerprint density at radius 2 is 1.94 bits per heavy atom. The number of nitrogens with two attached hydrogens (primary N) is 1. The largest absolute Gasteiger partial charge is 0.368 e. The minimum absolute atomic E-state index is 0.252. The van der Waals surface area contributed by atoms with Crippen LogP contribution in [0.2, 0.25) is 0 Å².